The van der Waals surface area contributed by atoms with Gasteiger partial charge in [0.15, 0.2) is 5.78 Å². The molecule has 152 valence electrons. The SMILES string of the molecule is CC(=O)O[C@@H]1C[C@H]2[C@@H]3OC4=C(C=C3CC[C@]2(C)[C@H]1c1cccnc1)C(=O)CCC4. The van der Waals surface area contributed by atoms with E-state index in [0.717, 1.165) is 49.0 Å². The third kappa shape index (κ3) is 2.93. The van der Waals surface area contributed by atoms with Gasteiger partial charge in [-0.05, 0) is 54.4 Å². The molecule has 4 aliphatic rings. The maximum atomic E-state index is 12.4. The number of nitrogens with zero attached hydrogens (tertiary/aromatic N) is 1. The molecule has 0 unspecified atom stereocenters. The van der Waals surface area contributed by atoms with E-state index in [-0.39, 0.29) is 41.2 Å². The molecule has 0 radical (unpaired) electrons. The van der Waals surface area contributed by atoms with E-state index in [4.69, 9.17) is 9.47 Å². The van der Waals surface area contributed by atoms with E-state index in [1.165, 1.54) is 12.5 Å². The van der Waals surface area contributed by atoms with Crippen LogP contribution in [-0.4, -0.2) is 28.9 Å². The fraction of sp³-hybridized carbons (Fsp3) is 0.542. The normalized spacial score (nSPS) is 35.8. The Hall–Kier alpha value is -2.43. The lowest BCUT2D eigenvalue weighted by atomic mass is 9.61. The highest BCUT2D eigenvalue weighted by Gasteiger charge is 2.59. The number of carbonyl (C=O) groups excluding carboxylic acids is 2. The van der Waals surface area contributed by atoms with Gasteiger partial charge >= 0.3 is 5.97 Å². The van der Waals surface area contributed by atoms with Gasteiger partial charge in [0.1, 0.15) is 18.0 Å². The summed E-state index contributed by atoms with van der Waals surface area (Å²) in [6.45, 7) is 3.80. The minimum absolute atomic E-state index is 0.0295. The first kappa shape index (κ1) is 18.6. The summed E-state index contributed by atoms with van der Waals surface area (Å²) in [4.78, 5) is 28.6. The lowest BCUT2D eigenvalue weighted by Gasteiger charge is -2.47. The van der Waals surface area contributed by atoms with Crippen LogP contribution in [0.1, 0.15) is 63.9 Å². The molecule has 2 heterocycles. The first-order valence-electron chi connectivity index (χ1n) is 10.7. The Morgan fingerprint density at radius 1 is 1.31 bits per heavy atom. The Kier molecular flexibility index (Phi) is 4.37. The largest absolute Gasteiger partial charge is 0.489 e. The Bertz CT molecular complexity index is 918. The number of Topliss-reactive ketones (excluding diaryl/α,β-unsaturated/α-hetero) is 1. The molecular formula is C24H27NO4. The quantitative estimate of drug-likeness (QED) is 0.703. The van der Waals surface area contributed by atoms with Gasteiger partial charge in [0.25, 0.3) is 0 Å². The molecule has 0 saturated heterocycles. The van der Waals surface area contributed by atoms with Gasteiger partial charge in [-0.1, -0.05) is 13.0 Å². The third-order valence-corrected chi connectivity index (χ3v) is 7.47. The topological polar surface area (TPSA) is 65.5 Å². The molecule has 0 bridgehead atoms. The summed E-state index contributed by atoms with van der Waals surface area (Å²) < 4.78 is 12.3. The highest BCUT2D eigenvalue weighted by Crippen LogP contribution is 2.62. The van der Waals surface area contributed by atoms with Gasteiger partial charge in [0, 0.05) is 44.0 Å². The van der Waals surface area contributed by atoms with Gasteiger partial charge in [-0.15, -0.1) is 0 Å². The van der Waals surface area contributed by atoms with Gasteiger partial charge in [0.05, 0.1) is 5.57 Å². The number of ether oxygens (including phenoxy) is 2. The molecule has 29 heavy (non-hydrogen) atoms. The summed E-state index contributed by atoms with van der Waals surface area (Å²) in [7, 11) is 0. The van der Waals surface area contributed by atoms with Gasteiger partial charge in [-0.3, -0.25) is 14.6 Å². The Balaban J connectivity index is 1.53. The molecule has 0 aromatic carbocycles. The maximum absolute atomic E-state index is 12.4. The van der Waals surface area contributed by atoms with Crippen molar-refractivity contribution in [3.63, 3.8) is 0 Å². The summed E-state index contributed by atoms with van der Waals surface area (Å²) >= 11 is 0. The number of allylic oxidation sites excluding steroid dienone is 3. The molecule has 5 heteroatoms. The molecular weight excluding hydrogens is 366 g/mol. The molecule has 0 amide bonds. The number of aromatic nitrogens is 1. The Labute approximate surface area is 171 Å². The zero-order valence-corrected chi connectivity index (χ0v) is 17.0. The maximum Gasteiger partial charge on any atom is 0.302 e. The predicted molar refractivity (Wildman–Crippen MR) is 107 cm³/mol. The van der Waals surface area contributed by atoms with Crippen LogP contribution in [0.15, 0.2) is 47.5 Å². The van der Waals surface area contributed by atoms with Crippen molar-refractivity contribution in [3.05, 3.63) is 53.1 Å². The van der Waals surface area contributed by atoms with E-state index in [2.05, 4.69) is 24.1 Å². The van der Waals surface area contributed by atoms with Crippen molar-refractivity contribution < 1.29 is 19.1 Å². The molecule has 1 aliphatic heterocycles. The number of hydrogen-bond donors (Lipinski definition) is 0. The van der Waals surface area contributed by atoms with Crippen molar-refractivity contribution in [1.29, 1.82) is 0 Å². The average molecular weight is 393 g/mol. The second-order valence-corrected chi connectivity index (χ2v) is 9.13. The van der Waals surface area contributed by atoms with E-state index in [1.807, 2.05) is 12.3 Å². The highest BCUT2D eigenvalue weighted by atomic mass is 16.5. The molecule has 5 atom stereocenters. The van der Waals surface area contributed by atoms with Crippen LogP contribution >= 0.6 is 0 Å². The summed E-state index contributed by atoms with van der Waals surface area (Å²) in [6.07, 6.45) is 10.6. The molecule has 2 fully saturated rings. The smallest absolute Gasteiger partial charge is 0.302 e. The zero-order chi connectivity index (χ0) is 20.2. The van der Waals surface area contributed by atoms with Crippen LogP contribution in [0, 0.1) is 11.3 Å². The summed E-state index contributed by atoms with van der Waals surface area (Å²) in [5, 5.41) is 0. The fourth-order valence-corrected chi connectivity index (χ4v) is 6.19. The van der Waals surface area contributed by atoms with E-state index in [0.29, 0.717) is 6.42 Å². The van der Waals surface area contributed by atoms with Gasteiger partial charge in [0.2, 0.25) is 0 Å². The minimum atomic E-state index is -0.241. The number of pyridine rings is 1. The van der Waals surface area contributed by atoms with Gasteiger partial charge < -0.3 is 9.47 Å². The molecule has 0 N–H and O–H groups in total. The number of hydrogen-bond acceptors (Lipinski definition) is 5. The van der Waals surface area contributed by atoms with Crippen molar-refractivity contribution in [1.82, 2.24) is 4.98 Å². The molecule has 5 rings (SSSR count). The fourth-order valence-electron chi connectivity index (χ4n) is 6.19. The predicted octanol–water partition coefficient (Wildman–Crippen LogP) is 4.25. The number of fused-ring (bicyclic) bond motifs is 3. The first-order valence-corrected chi connectivity index (χ1v) is 10.7. The van der Waals surface area contributed by atoms with E-state index in [1.54, 1.807) is 6.20 Å². The van der Waals surface area contributed by atoms with Crippen LogP contribution in [-0.2, 0) is 19.1 Å². The molecule has 5 nitrogen and oxygen atoms in total. The van der Waals surface area contributed by atoms with Gasteiger partial charge in [-0.2, -0.15) is 0 Å². The van der Waals surface area contributed by atoms with Crippen LogP contribution in [0.3, 0.4) is 0 Å². The van der Waals surface area contributed by atoms with Crippen LogP contribution in [0.5, 0.6) is 0 Å². The second-order valence-electron chi connectivity index (χ2n) is 9.13. The monoisotopic (exact) mass is 393 g/mol. The van der Waals surface area contributed by atoms with Crippen molar-refractivity contribution in [2.45, 2.75) is 70.5 Å². The summed E-state index contributed by atoms with van der Waals surface area (Å²) in [5.41, 5.74) is 3.10. The molecule has 1 aromatic rings. The molecule has 3 aliphatic carbocycles. The number of carbonyl (C=O) groups is 2. The molecule has 2 saturated carbocycles. The van der Waals surface area contributed by atoms with Crippen LogP contribution in [0.2, 0.25) is 0 Å². The van der Waals surface area contributed by atoms with E-state index < -0.39 is 0 Å². The second kappa shape index (κ2) is 6.82. The third-order valence-electron chi connectivity index (χ3n) is 7.47. The average Bonchev–Trinajstić information content (AvgIpc) is 2.99. The summed E-state index contributed by atoms with van der Waals surface area (Å²) in [5.74, 6) is 1.17. The van der Waals surface area contributed by atoms with E-state index >= 15 is 0 Å². The lowest BCUT2D eigenvalue weighted by molar-refractivity contribution is -0.147. The van der Waals surface area contributed by atoms with Crippen molar-refractivity contribution in [2.24, 2.45) is 11.3 Å². The Morgan fingerprint density at radius 2 is 2.17 bits per heavy atom. The lowest BCUT2D eigenvalue weighted by Crippen LogP contribution is -2.43. The molecule has 1 aromatic heterocycles. The minimum Gasteiger partial charge on any atom is -0.489 e. The first-order chi connectivity index (χ1) is 14.0. The zero-order valence-electron chi connectivity index (χ0n) is 17.0. The highest BCUT2D eigenvalue weighted by molar-refractivity contribution is 5.99. The van der Waals surface area contributed by atoms with E-state index in [9.17, 15) is 9.59 Å². The van der Waals surface area contributed by atoms with Crippen LogP contribution < -0.4 is 0 Å². The number of esters is 1. The van der Waals surface area contributed by atoms with Crippen LogP contribution in [0.4, 0.5) is 0 Å². The standard InChI is InChI=1S/C24H27NO4/c1-14(26)28-21-12-18-23-15(11-17-19(27)6-3-7-20(17)29-23)8-9-24(18,2)22(21)16-5-4-10-25-13-16/h4-5,10-11,13,18,21-23H,3,6-9,12H2,1-2H3/t18-,21+,22-,23+,24-/m0/s1. The number of rotatable bonds is 2. The molecule has 0 spiro atoms. The van der Waals surface area contributed by atoms with Gasteiger partial charge in [-0.25, -0.2) is 0 Å². The van der Waals surface area contributed by atoms with Crippen molar-refractivity contribution in [3.8, 4) is 0 Å². The Morgan fingerprint density at radius 3 is 2.93 bits per heavy atom. The van der Waals surface area contributed by atoms with Crippen molar-refractivity contribution >= 4 is 11.8 Å². The summed E-state index contributed by atoms with van der Waals surface area (Å²) in [6, 6.07) is 4.04. The number of ketones is 1. The van der Waals surface area contributed by atoms with Crippen molar-refractivity contribution in [2.75, 3.05) is 0 Å². The van der Waals surface area contributed by atoms with Crippen LogP contribution in [0.25, 0.3) is 0 Å².